The molecule has 2 aromatic carbocycles. The number of allylic oxidation sites excluding steroid dienone is 1. The molecule has 0 saturated carbocycles. The van der Waals surface area contributed by atoms with Gasteiger partial charge in [-0.1, -0.05) is 36.4 Å². The van der Waals surface area contributed by atoms with Crippen molar-refractivity contribution in [1.82, 2.24) is 5.43 Å². The quantitative estimate of drug-likeness (QED) is 0.510. The van der Waals surface area contributed by atoms with Crippen molar-refractivity contribution in [2.75, 3.05) is 11.9 Å². The lowest BCUT2D eigenvalue weighted by atomic mass is 10.2. The summed E-state index contributed by atoms with van der Waals surface area (Å²) in [6, 6.07) is 16.9. The van der Waals surface area contributed by atoms with E-state index in [2.05, 4.69) is 15.8 Å². The highest BCUT2D eigenvalue weighted by molar-refractivity contribution is 5.97. The second kappa shape index (κ2) is 11.3. The molecule has 0 aromatic heterocycles. The maximum atomic E-state index is 12.0. The largest absolute Gasteiger partial charge is 0.494 e. The van der Waals surface area contributed by atoms with E-state index in [4.69, 9.17) is 4.74 Å². The summed E-state index contributed by atoms with van der Waals surface area (Å²) < 4.78 is 5.35. The van der Waals surface area contributed by atoms with Crippen molar-refractivity contribution >= 4 is 29.3 Å². The zero-order valence-corrected chi connectivity index (χ0v) is 16.1. The number of ether oxygens (including phenoxy) is 1. The van der Waals surface area contributed by atoms with Crippen LogP contribution in [0, 0.1) is 0 Å². The number of amides is 2. The van der Waals surface area contributed by atoms with E-state index in [0.717, 1.165) is 11.3 Å². The summed E-state index contributed by atoms with van der Waals surface area (Å²) in [6.45, 7) is 4.29. The van der Waals surface area contributed by atoms with Crippen LogP contribution in [0.3, 0.4) is 0 Å². The van der Waals surface area contributed by atoms with E-state index in [1.165, 1.54) is 0 Å². The number of hydrogen-bond donors (Lipinski definition) is 2. The van der Waals surface area contributed by atoms with E-state index in [9.17, 15) is 9.59 Å². The summed E-state index contributed by atoms with van der Waals surface area (Å²) >= 11 is 0. The third-order valence-electron chi connectivity index (χ3n) is 3.70. The Labute approximate surface area is 165 Å². The number of benzene rings is 2. The molecule has 0 atom stereocenters. The Balaban J connectivity index is 1.72. The highest BCUT2D eigenvalue weighted by Crippen LogP contribution is 2.15. The van der Waals surface area contributed by atoms with E-state index < -0.39 is 0 Å². The molecule has 28 heavy (non-hydrogen) atoms. The molecule has 6 heteroatoms. The molecule has 0 aliphatic carbocycles. The Morgan fingerprint density at radius 2 is 1.68 bits per heavy atom. The van der Waals surface area contributed by atoms with Crippen molar-refractivity contribution < 1.29 is 14.3 Å². The Morgan fingerprint density at radius 3 is 2.36 bits per heavy atom. The van der Waals surface area contributed by atoms with E-state index >= 15 is 0 Å². The number of rotatable bonds is 9. The van der Waals surface area contributed by atoms with E-state index in [1.807, 2.05) is 49.4 Å². The minimum absolute atomic E-state index is 0.0576. The van der Waals surface area contributed by atoms with Gasteiger partial charge in [0.1, 0.15) is 5.75 Å². The van der Waals surface area contributed by atoms with Crippen LogP contribution in [0.2, 0.25) is 0 Å². The number of anilines is 1. The molecule has 0 fully saturated rings. The predicted molar refractivity (Wildman–Crippen MR) is 112 cm³/mol. The average molecular weight is 379 g/mol. The van der Waals surface area contributed by atoms with Crippen molar-refractivity contribution in [2.24, 2.45) is 5.10 Å². The molecule has 2 aromatic rings. The van der Waals surface area contributed by atoms with Crippen molar-refractivity contribution in [3.63, 3.8) is 0 Å². The SMILES string of the molecule is CCOc1ccc(NC(=O)CCC(=O)N/N=C(C)\C=C\c2ccccc2)cc1. The van der Waals surface area contributed by atoms with E-state index in [1.54, 1.807) is 31.2 Å². The molecule has 0 spiro atoms. The number of hydrogen-bond acceptors (Lipinski definition) is 4. The Bertz CT molecular complexity index is 828. The molecule has 0 heterocycles. The number of nitrogens with zero attached hydrogens (tertiary/aromatic N) is 1. The summed E-state index contributed by atoms with van der Waals surface area (Å²) in [6.07, 6.45) is 3.86. The molecular weight excluding hydrogens is 354 g/mol. The topological polar surface area (TPSA) is 79.8 Å². The van der Waals surface area contributed by atoms with Gasteiger partial charge in [-0.15, -0.1) is 0 Å². The minimum Gasteiger partial charge on any atom is -0.494 e. The predicted octanol–water partition coefficient (Wildman–Crippen LogP) is 4.01. The van der Waals surface area contributed by atoms with Gasteiger partial charge in [0.15, 0.2) is 0 Å². The first-order chi connectivity index (χ1) is 13.6. The van der Waals surface area contributed by atoms with Gasteiger partial charge in [0.05, 0.1) is 12.3 Å². The molecule has 0 aliphatic heterocycles. The maximum Gasteiger partial charge on any atom is 0.240 e. The molecule has 2 amide bonds. The molecule has 0 bridgehead atoms. The molecule has 0 saturated heterocycles. The summed E-state index contributed by atoms with van der Waals surface area (Å²) in [5.74, 6) is 0.202. The Morgan fingerprint density at radius 1 is 1.00 bits per heavy atom. The highest BCUT2D eigenvalue weighted by atomic mass is 16.5. The third-order valence-corrected chi connectivity index (χ3v) is 3.70. The van der Waals surface area contributed by atoms with Crippen molar-refractivity contribution in [1.29, 1.82) is 0 Å². The standard InChI is InChI=1S/C22H25N3O3/c1-3-28-20-13-11-19(12-14-20)23-21(26)15-16-22(27)25-24-17(2)9-10-18-7-5-4-6-8-18/h4-14H,3,15-16H2,1-2H3,(H,23,26)(H,25,27)/b10-9+,24-17-. The molecular formula is C22H25N3O3. The van der Waals surface area contributed by atoms with Gasteiger partial charge in [0, 0.05) is 18.5 Å². The fourth-order valence-electron chi connectivity index (χ4n) is 2.28. The monoisotopic (exact) mass is 379 g/mol. The van der Waals surface area contributed by atoms with Crippen LogP contribution in [0.5, 0.6) is 5.75 Å². The lowest BCUT2D eigenvalue weighted by molar-refractivity contribution is -0.124. The fourth-order valence-corrected chi connectivity index (χ4v) is 2.28. The Kier molecular flexibility index (Phi) is 8.46. The zero-order chi connectivity index (χ0) is 20.2. The number of carbonyl (C=O) groups is 2. The first-order valence-corrected chi connectivity index (χ1v) is 9.16. The second-order valence-electron chi connectivity index (χ2n) is 6.04. The average Bonchev–Trinajstić information content (AvgIpc) is 2.71. The summed E-state index contributed by atoms with van der Waals surface area (Å²) in [5.41, 5.74) is 4.83. The fraction of sp³-hybridized carbons (Fsp3) is 0.227. The summed E-state index contributed by atoms with van der Waals surface area (Å²) in [5, 5.41) is 6.76. The summed E-state index contributed by atoms with van der Waals surface area (Å²) in [7, 11) is 0. The number of nitrogens with one attached hydrogen (secondary N) is 2. The van der Waals surface area contributed by atoms with Crippen molar-refractivity contribution in [2.45, 2.75) is 26.7 Å². The Hall–Kier alpha value is -3.41. The molecule has 2 rings (SSSR count). The first-order valence-electron chi connectivity index (χ1n) is 9.16. The first kappa shape index (κ1) is 20.9. The third kappa shape index (κ3) is 7.86. The number of carbonyl (C=O) groups excluding carboxylic acids is 2. The van der Waals surface area contributed by atoms with Gasteiger partial charge in [-0.25, -0.2) is 5.43 Å². The van der Waals surface area contributed by atoms with Crippen LogP contribution in [0.1, 0.15) is 32.3 Å². The lowest BCUT2D eigenvalue weighted by Gasteiger charge is -2.07. The van der Waals surface area contributed by atoms with Gasteiger partial charge < -0.3 is 10.1 Å². The minimum atomic E-state index is -0.311. The van der Waals surface area contributed by atoms with Crippen LogP contribution >= 0.6 is 0 Å². The van der Waals surface area contributed by atoms with Crippen LogP contribution in [0.15, 0.2) is 65.8 Å². The van der Waals surface area contributed by atoms with Gasteiger partial charge >= 0.3 is 0 Å². The molecule has 6 nitrogen and oxygen atoms in total. The summed E-state index contributed by atoms with van der Waals surface area (Å²) in [4.78, 5) is 23.8. The van der Waals surface area contributed by atoms with Crippen LogP contribution in [-0.2, 0) is 9.59 Å². The molecule has 0 radical (unpaired) electrons. The van der Waals surface area contributed by atoms with Gasteiger partial charge in [-0.3, -0.25) is 9.59 Å². The molecule has 0 unspecified atom stereocenters. The van der Waals surface area contributed by atoms with Crippen LogP contribution in [0.25, 0.3) is 6.08 Å². The number of hydrazone groups is 1. The van der Waals surface area contributed by atoms with Crippen molar-refractivity contribution in [3.8, 4) is 5.75 Å². The maximum absolute atomic E-state index is 12.0. The van der Waals surface area contributed by atoms with E-state index in [0.29, 0.717) is 18.0 Å². The smallest absolute Gasteiger partial charge is 0.240 e. The van der Waals surface area contributed by atoms with Crippen molar-refractivity contribution in [3.05, 3.63) is 66.2 Å². The van der Waals surface area contributed by atoms with Gasteiger partial charge in [0.25, 0.3) is 0 Å². The zero-order valence-electron chi connectivity index (χ0n) is 16.1. The van der Waals surface area contributed by atoms with Crippen LogP contribution in [0.4, 0.5) is 5.69 Å². The van der Waals surface area contributed by atoms with Gasteiger partial charge in [-0.2, -0.15) is 5.10 Å². The molecule has 0 aliphatic rings. The van der Waals surface area contributed by atoms with Gasteiger partial charge in [-0.05, 0) is 49.8 Å². The second-order valence-corrected chi connectivity index (χ2v) is 6.04. The van der Waals surface area contributed by atoms with Crippen LogP contribution < -0.4 is 15.5 Å². The van der Waals surface area contributed by atoms with Crippen LogP contribution in [-0.4, -0.2) is 24.1 Å². The lowest BCUT2D eigenvalue weighted by Crippen LogP contribution is -2.21. The van der Waals surface area contributed by atoms with Gasteiger partial charge in [0.2, 0.25) is 11.8 Å². The van der Waals surface area contributed by atoms with E-state index in [-0.39, 0.29) is 24.7 Å². The molecule has 146 valence electrons. The highest BCUT2D eigenvalue weighted by Gasteiger charge is 2.07. The molecule has 2 N–H and O–H groups in total. The normalized spacial score (nSPS) is 11.3.